The van der Waals surface area contributed by atoms with Crippen LogP contribution in [-0.4, -0.2) is 31.1 Å². The fourth-order valence-electron chi connectivity index (χ4n) is 2.76. The highest BCUT2D eigenvalue weighted by atomic mass is 32.1. The van der Waals surface area contributed by atoms with Crippen LogP contribution in [0.15, 0.2) is 72.1 Å². The fraction of sp³-hybridized carbons (Fsp3) is 0.136. The Morgan fingerprint density at radius 2 is 1.67 bits per heavy atom. The summed E-state index contributed by atoms with van der Waals surface area (Å²) in [6, 6.07) is 18.9. The van der Waals surface area contributed by atoms with Crippen molar-refractivity contribution in [2.75, 3.05) is 17.7 Å². The molecule has 0 aliphatic heterocycles. The summed E-state index contributed by atoms with van der Waals surface area (Å²) in [5.74, 6) is -0.617. The van der Waals surface area contributed by atoms with Crippen LogP contribution in [-0.2, 0) is 16.0 Å². The molecule has 1 heterocycles. The minimum absolute atomic E-state index is 0.220. The van der Waals surface area contributed by atoms with Crippen LogP contribution in [0.3, 0.4) is 0 Å². The van der Waals surface area contributed by atoms with Gasteiger partial charge in [-0.05, 0) is 35.2 Å². The molecule has 2 aromatic carbocycles. The Kier molecular flexibility index (Phi) is 7.18. The summed E-state index contributed by atoms with van der Waals surface area (Å²) < 4.78 is 4.64. The average molecular weight is 423 g/mol. The number of carbonyl (C=O) groups excluding carboxylic acids is 3. The Hall–Kier alpha value is -3.65. The molecule has 7 nitrogen and oxygen atoms in total. The number of amides is 3. The Morgan fingerprint density at radius 1 is 0.933 bits per heavy atom. The van der Waals surface area contributed by atoms with Gasteiger partial charge in [-0.25, -0.2) is 4.79 Å². The number of methoxy groups -OCH3 is 1. The maximum Gasteiger partial charge on any atom is 0.407 e. The molecule has 0 saturated carbocycles. The molecule has 154 valence electrons. The van der Waals surface area contributed by atoms with Gasteiger partial charge in [0.1, 0.15) is 6.04 Å². The normalized spacial score (nSPS) is 11.2. The summed E-state index contributed by atoms with van der Waals surface area (Å²) in [6.45, 7) is 0. The van der Waals surface area contributed by atoms with Crippen LogP contribution in [0.2, 0.25) is 0 Å². The van der Waals surface area contributed by atoms with E-state index >= 15 is 0 Å². The largest absolute Gasteiger partial charge is 0.453 e. The van der Waals surface area contributed by atoms with Gasteiger partial charge in [-0.3, -0.25) is 9.59 Å². The predicted octanol–water partition coefficient (Wildman–Crippen LogP) is 3.91. The molecule has 30 heavy (non-hydrogen) atoms. The van der Waals surface area contributed by atoms with Crippen LogP contribution >= 0.6 is 11.3 Å². The number of carbonyl (C=O) groups is 3. The molecule has 1 aromatic heterocycles. The van der Waals surface area contributed by atoms with E-state index in [9.17, 15) is 14.4 Å². The molecule has 3 N–H and O–H groups in total. The maximum absolute atomic E-state index is 12.8. The van der Waals surface area contributed by atoms with E-state index in [1.807, 2.05) is 35.7 Å². The topological polar surface area (TPSA) is 96.5 Å². The van der Waals surface area contributed by atoms with Crippen LogP contribution in [0.5, 0.6) is 0 Å². The lowest BCUT2D eigenvalue weighted by Crippen LogP contribution is -2.45. The number of hydrogen-bond donors (Lipinski definition) is 3. The molecule has 0 bridgehead atoms. The lowest BCUT2D eigenvalue weighted by molar-refractivity contribution is -0.118. The number of rotatable bonds is 7. The third-order valence-electron chi connectivity index (χ3n) is 4.21. The average Bonchev–Trinajstić information content (AvgIpc) is 3.29. The standard InChI is InChI=1S/C22H21N3O4S/c1-29-22(28)25-18(13-15-7-3-2-4-8-15)20(26)23-16-9-5-10-17(14-16)24-21(27)19-11-6-12-30-19/h2-12,14,18H,13H2,1H3,(H,23,26)(H,24,27)(H,25,28). The van der Waals surface area contributed by atoms with Gasteiger partial charge in [-0.15, -0.1) is 11.3 Å². The zero-order valence-electron chi connectivity index (χ0n) is 16.3. The van der Waals surface area contributed by atoms with E-state index in [-0.39, 0.29) is 5.91 Å². The van der Waals surface area contributed by atoms with Crippen molar-refractivity contribution in [3.8, 4) is 0 Å². The third kappa shape index (κ3) is 5.92. The fourth-order valence-corrected chi connectivity index (χ4v) is 3.38. The number of thiophene rings is 1. The lowest BCUT2D eigenvalue weighted by Gasteiger charge is -2.18. The van der Waals surface area contributed by atoms with Crippen molar-refractivity contribution >= 4 is 40.6 Å². The molecule has 3 aromatic rings. The molecule has 0 aliphatic rings. The number of alkyl carbamates (subject to hydrolysis) is 1. The van der Waals surface area contributed by atoms with E-state index in [1.54, 1.807) is 36.4 Å². The second kappa shape index (κ2) is 10.2. The minimum Gasteiger partial charge on any atom is -0.453 e. The smallest absolute Gasteiger partial charge is 0.407 e. The van der Waals surface area contributed by atoms with E-state index in [0.29, 0.717) is 22.7 Å². The summed E-state index contributed by atoms with van der Waals surface area (Å²) in [4.78, 5) is 37.3. The molecule has 8 heteroatoms. The summed E-state index contributed by atoms with van der Waals surface area (Å²) >= 11 is 1.34. The highest BCUT2D eigenvalue weighted by Gasteiger charge is 2.22. The first-order chi connectivity index (χ1) is 14.5. The second-order valence-corrected chi connectivity index (χ2v) is 7.33. The quantitative estimate of drug-likeness (QED) is 0.537. The van der Waals surface area contributed by atoms with E-state index < -0.39 is 18.0 Å². The zero-order chi connectivity index (χ0) is 21.3. The van der Waals surface area contributed by atoms with Crippen molar-refractivity contribution in [2.45, 2.75) is 12.5 Å². The molecule has 1 atom stereocenters. The van der Waals surface area contributed by atoms with Crippen LogP contribution < -0.4 is 16.0 Å². The molecule has 3 rings (SSSR count). The predicted molar refractivity (Wildman–Crippen MR) is 117 cm³/mol. The molecule has 0 saturated heterocycles. The Balaban J connectivity index is 1.69. The van der Waals surface area contributed by atoms with Gasteiger partial charge in [-0.1, -0.05) is 42.5 Å². The number of nitrogens with one attached hydrogen (secondary N) is 3. The lowest BCUT2D eigenvalue weighted by atomic mass is 10.1. The highest BCUT2D eigenvalue weighted by molar-refractivity contribution is 7.12. The van der Waals surface area contributed by atoms with Crippen LogP contribution in [0.1, 0.15) is 15.2 Å². The number of hydrogen-bond acceptors (Lipinski definition) is 5. The molecule has 0 radical (unpaired) electrons. The summed E-state index contributed by atoms with van der Waals surface area (Å²) in [7, 11) is 1.24. The van der Waals surface area contributed by atoms with E-state index in [4.69, 9.17) is 0 Å². The van der Waals surface area contributed by atoms with Gasteiger partial charge in [0, 0.05) is 17.8 Å². The number of anilines is 2. The number of ether oxygens (including phenoxy) is 1. The second-order valence-electron chi connectivity index (χ2n) is 6.38. The third-order valence-corrected chi connectivity index (χ3v) is 5.08. The van der Waals surface area contributed by atoms with Crippen molar-refractivity contribution in [3.05, 3.63) is 82.6 Å². The molecule has 3 amide bonds. The van der Waals surface area contributed by atoms with Gasteiger partial charge >= 0.3 is 6.09 Å². The first-order valence-corrected chi connectivity index (χ1v) is 10.1. The van der Waals surface area contributed by atoms with Crippen LogP contribution in [0, 0.1) is 0 Å². The summed E-state index contributed by atoms with van der Waals surface area (Å²) in [5, 5.41) is 9.97. The Labute approximate surface area is 178 Å². The van der Waals surface area contributed by atoms with Crippen molar-refractivity contribution in [3.63, 3.8) is 0 Å². The van der Waals surface area contributed by atoms with Gasteiger partial charge in [0.15, 0.2) is 0 Å². The van der Waals surface area contributed by atoms with Gasteiger partial charge in [-0.2, -0.15) is 0 Å². The van der Waals surface area contributed by atoms with Crippen molar-refractivity contribution in [1.82, 2.24) is 5.32 Å². The molecule has 0 fully saturated rings. The minimum atomic E-state index is -0.829. The van der Waals surface area contributed by atoms with Gasteiger partial charge in [0.05, 0.1) is 12.0 Å². The van der Waals surface area contributed by atoms with Gasteiger partial charge in [0.2, 0.25) is 5.91 Å². The number of benzene rings is 2. The van der Waals surface area contributed by atoms with E-state index in [1.165, 1.54) is 18.4 Å². The van der Waals surface area contributed by atoms with Crippen molar-refractivity contribution in [2.24, 2.45) is 0 Å². The molecule has 0 aliphatic carbocycles. The highest BCUT2D eigenvalue weighted by Crippen LogP contribution is 2.18. The van der Waals surface area contributed by atoms with Crippen LogP contribution in [0.25, 0.3) is 0 Å². The van der Waals surface area contributed by atoms with E-state index in [0.717, 1.165) is 5.56 Å². The maximum atomic E-state index is 12.8. The zero-order valence-corrected chi connectivity index (χ0v) is 17.1. The molecule has 1 unspecified atom stereocenters. The Bertz CT molecular complexity index is 1010. The molecular weight excluding hydrogens is 402 g/mol. The van der Waals surface area contributed by atoms with Gasteiger partial charge in [0.25, 0.3) is 5.91 Å². The molecular formula is C22H21N3O4S. The van der Waals surface area contributed by atoms with Crippen molar-refractivity contribution in [1.29, 1.82) is 0 Å². The first kappa shape index (κ1) is 21.1. The summed E-state index contributed by atoms with van der Waals surface area (Å²) in [6.07, 6.45) is -0.389. The summed E-state index contributed by atoms with van der Waals surface area (Å²) in [5.41, 5.74) is 1.94. The SMILES string of the molecule is COC(=O)NC(Cc1ccccc1)C(=O)Nc1cccc(NC(=O)c2cccs2)c1. The Morgan fingerprint density at radius 3 is 2.33 bits per heavy atom. The monoisotopic (exact) mass is 423 g/mol. The van der Waals surface area contributed by atoms with Gasteiger partial charge < -0.3 is 20.7 Å². The van der Waals surface area contributed by atoms with Crippen LogP contribution in [0.4, 0.5) is 16.2 Å². The first-order valence-electron chi connectivity index (χ1n) is 9.19. The van der Waals surface area contributed by atoms with E-state index in [2.05, 4.69) is 20.7 Å². The molecule has 0 spiro atoms. The van der Waals surface area contributed by atoms with Crippen molar-refractivity contribution < 1.29 is 19.1 Å².